The van der Waals surface area contributed by atoms with Gasteiger partial charge in [-0.3, -0.25) is 19.7 Å². The zero-order chi connectivity index (χ0) is 18.7. The van der Waals surface area contributed by atoms with Crippen molar-refractivity contribution in [3.05, 3.63) is 21.9 Å². The van der Waals surface area contributed by atoms with E-state index in [1.54, 1.807) is 9.80 Å². The highest BCUT2D eigenvalue weighted by atomic mass is 32.1. The molecule has 0 spiro atoms. The Balaban J connectivity index is 1.50. The highest BCUT2D eigenvalue weighted by Gasteiger charge is 2.30. The van der Waals surface area contributed by atoms with Crippen molar-refractivity contribution in [2.45, 2.75) is 32.2 Å². The van der Waals surface area contributed by atoms with Crippen molar-refractivity contribution in [3.8, 4) is 0 Å². The number of hydrogen-bond acceptors (Lipinski definition) is 5. The number of rotatable bonds is 4. The molecular weight excluding hydrogens is 356 g/mol. The SMILES string of the molecule is Cc1ccc(C(=O)N2CCCN(C(=O)CC[C@@H]3NC(=O)NC3=O)CC2)s1. The number of amides is 5. The van der Waals surface area contributed by atoms with Crippen LogP contribution in [-0.4, -0.2) is 65.8 Å². The van der Waals surface area contributed by atoms with Crippen molar-refractivity contribution in [2.24, 2.45) is 0 Å². The minimum Gasteiger partial charge on any atom is -0.341 e. The van der Waals surface area contributed by atoms with Crippen LogP contribution in [0.4, 0.5) is 4.79 Å². The maximum absolute atomic E-state index is 12.6. The van der Waals surface area contributed by atoms with Crippen LogP contribution in [0.2, 0.25) is 0 Å². The molecule has 1 aromatic rings. The zero-order valence-electron chi connectivity index (χ0n) is 14.6. The first-order chi connectivity index (χ1) is 12.4. The summed E-state index contributed by atoms with van der Waals surface area (Å²) in [5, 5.41) is 4.65. The first-order valence-corrected chi connectivity index (χ1v) is 9.50. The van der Waals surface area contributed by atoms with Crippen molar-refractivity contribution < 1.29 is 19.2 Å². The van der Waals surface area contributed by atoms with Gasteiger partial charge in [-0.25, -0.2) is 4.79 Å². The number of carbonyl (C=O) groups is 4. The second-order valence-electron chi connectivity index (χ2n) is 6.49. The summed E-state index contributed by atoms with van der Waals surface area (Å²) in [5.74, 6) is -0.426. The summed E-state index contributed by atoms with van der Waals surface area (Å²) in [5.41, 5.74) is 0. The van der Waals surface area contributed by atoms with Gasteiger partial charge in [-0.2, -0.15) is 0 Å². The van der Waals surface area contributed by atoms with E-state index in [0.29, 0.717) is 26.2 Å². The average molecular weight is 378 g/mol. The van der Waals surface area contributed by atoms with E-state index in [0.717, 1.165) is 16.2 Å². The van der Waals surface area contributed by atoms with Crippen molar-refractivity contribution in [1.82, 2.24) is 20.4 Å². The van der Waals surface area contributed by atoms with Crippen LogP contribution in [0.5, 0.6) is 0 Å². The number of nitrogens with zero attached hydrogens (tertiary/aromatic N) is 2. The largest absolute Gasteiger partial charge is 0.341 e. The van der Waals surface area contributed by atoms with E-state index >= 15 is 0 Å². The van der Waals surface area contributed by atoms with Gasteiger partial charge in [0.25, 0.3) is 11.8 Å². The number of thiophene rings is 1. The van der Waals surface area contributed by atoms with Crippen LogP contribution < -0.4 is 10.6 Å². The molecule has 2 aliphatic rings. The Morgan fingerprint density at radius 2 is 1.88 bits per heavy atom. The molecule has 0 radical (unpaired) electrons. The highest BCUT2D eigenvalue weighted by Crippen LogP contribution is 2.18. The van der Waals surface area contributed by atoms with Gasteiger partial charge in [0.2, 0.25) is 5.91 Å². The van der Waals surface area contributed by atoms with Gasteiger partial charge in [0.15, 0.2) is 0 Å². The smallest absolute Gasteiger partial charge is 0.322 e. The quantitative estimate of drug-likeness (QED) is 0.754. The second kappa shape index (κ2) is 7.86. The van der Waals surface area contributed by atoms with Gasteiger partial charge in [-0.15, -0.1) is 11.3 Å². The van der Waals surface area contributed by atoms with E-state index < -0.39 is 12.1 Å². The molecule has 3 rings (SSSR count). The van der Waals surface area contributed by atoms with Crippen molar-refractivity contribution in [3.63, 3.8) is 0 Å². The lowest BCUT2D eigenvalue weighted by atomic mass is 10.1. The standard InChI is InChI=1S/C17H22N4O4S/c1-11-3-5-13(26-11)16(24)21-8-2-7-20(9-10-21)14(22)6-4-12-15(23)19-17(25)18-12/h3,5,12H,2,4,6-10H2,1H3,(H2,18,19,23,25)/t12-/m0/s1. The first kappa shape index (κ1) is 18.4. The Labute approximate surface area is 155 Å². The number of imide groups is 1. The zero-order valence-corrected chi connectivity index (χ0v) is 15.4. The lowest BCUT2D eigenvalue weighted by Crippen LogP contribution is -2.38. The summed E-state index contributed by atoms with van der Waals surface area (Å²) in [6.45, 7) is 4.17. The Morgan fingerprint density at radius 1 is 1.15 bits per heavy atom. The fraction of sp³-hybridized carbons (Fsp3) is 0.529. The summed E-state index contributed by atoms with van der Waals surface area (Å²) in [6.07, 6.45) is 1.20. The molecule has 0 aliphatic carbocycles. The van der Waals surface area contributed by atoms with Crippen molar-refractivity contribution >= 4 is 35.1 Å². The summed E-state index contributed by atoms with van der Waals surface area (Å²) >= 11 is 1.48. The Bertz CT molecular complexity index is 732. The highest BCUT2D eigenvalue weighted by molar-refractivity contribution is 7.13. The fourth-order valence-corrected chi connectivity index (χ4v) is 4.00. The average Bonchev–Trinajstić information content (AvgIpc) is 3.07. The van der Waals surface area contributed by atoms with Gasteiger partial charge in [0, 0.05) is 37.5 Å². The molecule has 0 unspecified atom stereocenters. The number of aryl methyl sites for hydroxylation is 1. The van der Waals surface area contributed by atoms with E-state index in [1.165, 1.54) is 11.3 Å². The van der Waals surface area contributed by atoms with Crippen LogP contribution >= 0.6 is 11.3 Å². The van der Waals surface area contributed by atoms with E-state index in [-0.39, 0.29) is 30.6 Å². The van der Waals surface area contributed by atoms with Gasteiger partial charge in [0.1, 0.15) is 6.04 Å². The molecule has 2 saturated heterocycles. The molecule has 3 heterocycles. The predicted molar refractivity (Wildman–Crippen MR) is 95.9 cm³/mol. The Hall–Kier alpha value is -2.42. The summed E-state index contributed by atoms with van der Waals surface area (Å²) in [6, 6.07) is 2.62. The minimum atomic E-state index is -0.640. The molecule has 2 fully saturated rings. The maximum Gasteiger partial charge on any atom is 0.322 e. The van der Waals surface area contributed by atoms with Crippen LogP contribution in [0.25, 0.3) is 0 Å². The summed E-state index contributed by atoms with van der Waals surface area (Å²) in [4.78, 5) is 53.0. The van der Waals surface area contributed by atoms with Crippen LogP contribution in [-0.2, 0) is 9.59 Å². The number of carbonyl (C=O) groups excluding carboxylic acids is 4. The molecule has 9 heteroatoms. The van der Waals surface area contributed by atoms with Gasteiger partial charge in [-0.05, 0) is 31.9 Å². The van der Waals surface area contributed by atoms with Crippen molar-refractivity contribution in [2.75, 3.05) is 26.2 Å². The van der Waals surface area contributed by atoms with Gasteiger partial charge in [0.05, 0.1) is 4.88 Å². The molecule has 0 aromatic carbocycles. The molecule has 0 saturated carbocycles. The van der Waals surface area contributed by atoms with Crippen LogP contribution in [0.3, 0.4) is 0 Å². The summed E-state index contributed by atoms with van der Waals surface area (Å²) < 4.78 is 0. The number of nitrogens with one attached hydrogen (secondary N) is 2. The second-order valence-corrected chi connectivity index (χ2v) is 7.78. The predicted octanol–water partition coefficient (Wildman–Crippen LogP) is 0.719. The Kier molecular flexibility index (Phi) is 5.55. The number of hydrogen-bond donors (Lipinski definition) is 2. The van der Waals surface area contributed by atoms with E-state index in [2.05, 4.69) is 10.6 Å². The molecule has 140 valence electrons. The number of urea groups is 1. The Morgan fingerprint density at radius 3 is 2.54 bits per heavy atom. The molecule has 1 aromatic heterocycles. The molecular formula is C17H22N4O4S. The third-order valence-corrected chi connectivity index (χ3v) is 5.58. The molecule has 5 amide bonds. The first-order valence-electron chi connectivity index (χ1n) is 8.69. The molecule has 2 aliphatic heterocycles. The lowest BCUT2D eigenvalue weighted by Gasteiger charge is -2.22. The molecule has 26 heavy (non-hydrogen) atoms. The lowest BCUT2D eigenvalue weighted by molar-refractivity contribution is -0.131. The van der Waals surface area contributed by atoms with Crippen LogP contribution in [0, 0.1) is 6.92 Å². The minimum absolute atomic E-state index is 0.0164. The van der Waals surface area contributed by atoms with Gasteiger partial charge >= 0.3 is 6.03 Å². The fourth-order valence-electron chi connectivity index (χ4n) is 3.16. The normalized spacial score (nSPS) is 20.6. The van der Waals surface area contributed by atoms with Gasteiger partial charge < -0.3 is 15.1 Å². The third kappa shape index (κ3) is 4.21. The third-order valence-electron chi connectivity index (χ3n) is 4.59. The summed E-state index contributed by atoms with van der Waals surface area (Å²) in [7, 11) is 0. The van der Waals surface area contributed by atoms with E-state index in [9.17, 15) is 19.2 Å². The van der Waals surface area contributed by atoms with E-state index in [4.69, 9.17) is 0 Å². The van der Waals surface area contributed by atoms with E-state index in [1.807, 2.05) is 19.1 Å². The monoisotopic (exact) mass is 378 g/mol. The molecule has 1 atom stereocenters. The molecule has 0 bridgehead atoms. The van der Waals surface area contributed by atoms with Crippen molar-refractivity contribution in [1.29, 1.82) is 0 Å². The van der Waals surface area contributed by atoms with Crippen LogP contribution in [0.1, 0.15) is 33.8 Å². The van der Waals surface area contributed by atoms with Gasteiger partial charge in [-0.1, -0.05) is 0 Å². The van der Waals surface area contributed by atoms with Crippen LogP contribution in [0.15, 0.2) is 12.1 Å². The molecule has 2 N–H and O–H groups in total. The molecule has 8 nitrogen and oxygen atoms in total. The maximum atomic E-state index is 12.6. The topological polar surface area (TPSA) is 98.8 Å².